The van der Waals surface area contributed by atoms with Crippen molar-refractivity contribution in [2.75, 3.05) is 0 Å². The molecule has 0 aromatic carbocycles. The Morgan fingerprint density at radius 2 is 2.11 bits per heavy atom. The van der Waals surface area contributed by atoms with Crippen LogP contribution in [0.2, 0.25) is 0 Å². The van der Waals surface area contributed by atoms with E-state index in [1.807, 2.05) is 12.1 Å². The lowest BCUT2D eigenvalue weighted by atomic mass is 10.2. The average Bonchev–Trinajstić information content (AvgIpc) is 2.89. The molecule has 0 radical (unpaired) electrons. The molecule has 0 saturated heterocycles. The third kappa shape index (κ3) is 1.79. The zero-order valence-corrected chi connectivity index (χ0v) is 12.3. The Balaban J connectivity index is 2.19. The third-order valence-electron chi connectivity index (χ3n) is 2.49. The number of aromatic nitrogens is 1. The number of rotatable bonds is 2. The highest BCUT2D eigenvalue weighted by Crippen LogP contribution is 2.40. The largest absolute Gasteiger partial charge is 0.477 e. The number of thiophene rings is 2. The van der Waals surface area contributed by atoms with Crippen molar-refractivity contribution >= 4 is 54.0 Å². The van der Waals surface area contributed by atoms with Gasteiger partial charge in [0.1, 0.15) is 17.0 Å². The fourth-order valence-electron chi connectivity index (χ4n) is 1.72. The van der Waals surface area contributed by atoms with Gasteiger partial charge in [0.15, 0.2) is 0 Å². The molecule has 0 fully saturated rings. The fraction of sp³-hybridized carbons (Fsp3) is 0.0909. The van der Waals surface area contributed by atoms with Crippen LogP contribution in [0.3, 0.4) is 0 Å². The number of aromatic carboxylic acids is 1. The van der Waals surface area contributed by atoms with Crippen molar-refractivity contribution in [3.8, 4) is 10.6 Å². The van der Waals surface area contributed by atoms with Crippen molar-refractivity contribution < 1.29 is 14.4 Å². The number of carboxylic acids is 1. The van der Waals surface area contributed by atoms with Crippen molar-refractivity contribution in [2.24, 2.45) is 0 Å². The summed E-state index contributed by atoms with van der Waals surface area (Å²) in [5, 5.41) is 13.0. The maximum absolute atomic E-state index is 11.2. The first-order chi connectivity index (χ1) is 8.56. The summed E-state index contributed by atoms with van der Waals surface area (Å²) in [6.07, 6.45) is 0. The molecule has 7 heteroatoms. The molecule has 18 heavy (non-hydrogen) atoms. The number of carboxylic acid groups (broad SMARTS) is 1. The second-order valence-corrected chi connectivity index (χ2v) is 7.20. The van der Waals surface area contributed by atoms with Gasteiger partial charge >= 0.3 is 5.97 Å². The van der Waals surface area contributed by atoms with Gasteiger partial charge in [-0.05, 0) is 35.0 Å². The predicted molar refractivity (Wildman–Crippen MR) is 74.6 cm³/mol. The lowest BCUT2D eigenvalue weighted by molar-refractivity contribution is 0.0696. The summed E-state index contributed by atoms with van der Waals surface area (Å²) in [4.78, 5) is 12.0. The number of halogens is 1. The van der Waals surface area contributed by atoms with Crippen LogP contribution in [-0.4, -0.2) is 16.2 Å². The van der Waals surface area contributed by atoms with E-state index in [1.165, 1.54) is 11.3 Å². The predicted octanol–water partition coefficient (Wildman–Crippen LogP) is 4.39. The normalized spacial score (nSPS) is 11.2. The van der Waals surface area contributed by atoms with Crippen LogP contribution >= 0.6 is 38.6 Å². The molecule has 0 bridgehead atoms. The number of aryl methyl sites for hydroxylation is 1. The number of fused-ring (bicyclic) bond motifs is 1. The van der Waals surface area contributed by atoms with Crippen LogP contribution in [0.1, 0.15) is 16.1 Å². The quantitative estimate of drug-likeness (QED) is 0.749. The molecule has 3 rings (SSSR count). The highest BCUT2D eigenvalue weighted by atomic mass is 79.9. The highest BCUT2D eigenvalue weighted by molar-refractivity contribution is 9.11. The zero-order valence-electron chi connectivity index (χ0n) is 9.06. The Kier molecular flexibility index (Phi) is 2.76. The van der Waals surface area contributed by atoms with Crippen LogP contribution < -0.4 is 0 Å². The van der Waals surface area contributed by atoms with Crippen LogP contribution in [0.4, 0.5) is 0 Å². The molecule has 1 N–H and O–H groups in total. The van der Waals surface area contributed by atoms with Gasteiger partial charge in [0.2, 0.25) is 0 Å². The number of hydrogen-bond donors (Lipinski definition) is 1. The molecular weight excluding hydrogens is 338 g/mol. The Hall–Kier alpha value is -1.18. The summed E-state index contributed by atoms with van der Waals surface area (Å²) < 4.78 is 8.26. The van der Waals surface area contributed by atoms with Crippen molar-refractivity contribution in [2.45, 2.75) is 6.92 Å². The van der Waals surface area contributed by atoms with E-state index in [0.717, 1.165) is 18.1 Å². The van der Waals surface area contributed by atoms with Gasteiger partial charge in [0.05, 0.1) is 8.66 Å². The zero-order chi connectivity index (χ0) is 12.9. The minimum Gasteiger partial charge on any atom is -0.477 e. The average molecular weight is 344 g/mol. The molecule has 0 aliphatic rings. The number of hydrogen-bond acceptors (Lipinski definition) is 5. The molecule has 0 aliphatic carbocycles. The molecular formula is C11H6BrNO3S2. The smallest absolute Gasteiger partial charge is 0.341 e. The second-order valence-electron chi connectivity index (χ2n) is 3.66. The van der Waals surface area contributed by atoms with Gasteiger partial charge in [0, 0.05) is 9.40 Å². The molecule has 3 heterocycles. The standard InChI is InChI=1S/C11H6BrNO3S2/c1-4-9(11(14)15)10(13-16-4)7-2-5-6(17-7)3-8(12)18-5/h2-3H,1H3,(H,14,15). The summed E-state index contributed by atoms with van der Waals surface area (Å²) in [6, 6.07) is 3.96. The summed E-state index contributed by atoms with van der Waals surface area (Å²) in [5.41, 5.74) is 0.549. The topological polar surface area (TPSA) is 63.3 Å². The molecule has 0 amide bonds. The SMILES string of the molecule is Cc1onc(-c2cc3sc(Br)cc3s2)c1C(=O)O. The van der Waals surface area contributed by atoms with Gasteiger partial charge in [-0.2, -0.15) is 0 Å². The van der Waals surface area contributed by atoms with Crippen LogP contribution in [0, 0.1) is 6.92 Å². The van der Waals surface area contributed by atoms with E-state index in [-0.39, 0.29) is 5.56 Å². The maximum Gasteiger partial charge on any atom is 0.341 e. The summed E-state index contributed by atoms with van der Waals surface area (Å²) in [7, 11) is 0. The van der Waals surface area contributed by atoms with Gasteiger partial charge in [-0.1, -0.05) is 5.16 Å². The monoisotopic (exact) mass is 343 g/mol. The van der Waals surface area contributed by atoms with Gasteiger partial charge in [-0.25, -0.2) is 4.79 Å². The maximum atomic E-state index is 11.2. The fourth-order valence-corrected chi connectivity index (χ4v) is 4.73. The van der Waals surface area contributed by atoms with Gasteiger partial charge in [-0.15, -0.1) is 22.7 Å². The van der Waals surface area contributed by atoms with Crippen LogP contribution in [0.25, 0.3) is 20.0 Å². The first-order valence-electron chi connectivity index (χ1n) is 4.95. The lowest BCUT2D eigenvalue weighted by Gasteiger charge is -1.92. The number of carbonyl (C=O) groups is 1. The molecule has 0 aliphatic heterocycles. The second kappa shape index (κ2) is 4.18. The molecule has 3 aromatic rings. The Labute approximate surface area is 118 Å². The minimum absolute atomic E-state index is 0.142. The van der Waals surface area contributed by atoms with Gasteiger partial charge < -0.3 is 9.63 Å². The van der Waals surface area contributed by atoms with E-state index in [4.69, 9.17) is 9.63 Å². The minimum atomic E-state index is -1.01. The first-order valence-corrected chi connectivity index (χ1v) is 7.37. The molecule has 0 spiro atoms. The Morgan fingerprint density at radius 1 is 1.39 bits per heavy atom. The van der Waals surface area contributed by atoms with Crippen molar-refractivity contribution in [1.29, 1.82) is 0 Å². The van der Waals surface area contributed by atoms with Crippen LogP contribution in [-0.2, 0) is 0 Å². The van der Waals surface area contributed by atoms with E-state index in [1.54, 1.807) is 18.3 Å². The molecule has 92 valence electrons. The first kappa shape index (κ1) is 11.9. The lowest BCUT2D eigenvalue weighted by Crippen LogP contribution is -1.98. The molecule has 4 nitrogen and oxygen atoms in total. The van der Waals surface area contributed by atoms with E-state index < -0.39 is 5.97 Å². The van der Waals surface area contributed by atoms with Crippen molar-refractivity contribution in [3.63, 3.8) is 0 Å². The van der Waals surface area contributed by atoms with Gasteiger partial charge in [-0.3, -0.25) is 0 Å². The van der Waals surface area contributed by atoms with Crippen molar-refractivity contribution in [1.82, 2.24) is 5.16 Å². The van der Waals surface area contributed by atoms with Gasteiger partial charge in [0.25, 0.3) is 0 Å². The van der Waals surface area contributed by atoms with E-state index in [0.29, 0.717) is 11.5 Å². The molecule has 0 unspecified atom stereocenters. The number of nitrogens with zero attached hydrogens (tertiary/aromatic N) is 1. The summed E-state index contributed by atoms with van der Waals surface area (Å²) >= 11 is 6.54. The van der Waals surface area contributed by atoms with Crippen molar-refractivity contribution in [3.05, 3.63) is 27.2 Å². The molecule has 0 saturated carbocycles. The Morgan fingerprint density at radius 3 is 2.78 bits per heavy atom. The van der Waals surface area contributed by atoms with E-state index in [9.17, 15) is 4.79 Å². The summed E-state index contributed by atoms with van der Waals surface area (Å²) in [5.74, 6) is -0.683. The van der Waals surface area contributed by atoms with Crippen LogP contribution in [0.5, 0.6) is 0 Å². The van der Waals surface area contributed by atoms with E-state index >= 15 is 0 Å². The molecule has 0 atom stereocenters. The van der Waals surface area contributed by atoms with E-state index in [2.05, 4.69) is 21.1 Å². The Bertz CT molecular complexity index is 724. The highest BCUT2D eigenvalue weighted by Gasteiger charge is 2.22. The van der Waals surface area contributed by atoms with Crippen LogP contribution in [0.15, 0.2) is 20.4 Å². The third-order valence-corrected chi connectivity index (χ3v) is 5.29. The summed E-state index contributed by atoms with van der Waals surface area (Å²) in [6.45, 7) is 1.60. The molecule has 3 aromatic heterocycles.